The monoisotopic (exact) mass is 404 g/mol. The fraction of sp³-hybridized carbons (Fsp3) is 0.318. The zero-order valence-corrected chi connectivity index (χ0v) is 16.8. The topological polar surface area (TPSA) is 102 Å². The van der Waals surface area contributed by atoms with Crippen LogP contribution in [0.5, 0.6) is 0 Å². The number of aromatic nitrogens is 4. The average molecular weight is 404 g/mol. The third-order valence-electron chi connectivity index (χ3n) is 5.55. The summed E-state index contributed by atoms with van der Waals surface area (Å²) in [5.74, 6) is -0.427. The van der Waals surface area contributed by atoms with Gasteiger partial charge in [-0.15, -0.1) is 5.10 Å². The SMILES string of the molecule is Cc1ccc(NC(=O)C2(NC(=O)c3ccc(-n4cnnn4)cc3)CCCCC2)cc1. The maximum atomic E-state index is 13.2. The number of carbonyl (C=O) groups excluding carboxylic acids is 2. The van der Waals surface area contributed by atoms with Crippen molar-refractivity contribution >= 4 is 17.5 Å². The summed E-state index contributed by atoms with van der Waals surface area (Å²) in [5.41, 5.74) is 2.18. The van der Waals surface area contributed by atoms with Gasteiger partial charge in [0.2, 0.25) is 5.91 Å². The van der Waals surface area contributed by atoms with Crippen molar-refractivity contribution in [1.82, 2.24) is 25.5 Å². The molecule has 3 aromatic rings. The van der Waals surface area contributed by atoms with Gasteiger partial charge in [-0.2, -0.15) is 0 Å². The van der Waals surface area contributed by atoms with Crippen molar-refractivity contribution in [3.63, 3.8) is 0 Å². The molecule has 1 aromatic heterocycles. The van der Waals surface area contributed by atoms with Gasteiger partial charge in [0, 0.05) is 11.3 Å². The van der Waals surface area contributed by atoms with Crippen molar-refractivity contribution in [2.45, 2.75) is 44.6 Å². The van der Waals surface area contributed by atoms with Crippen LogP contribution in [0.2, 0.25) is 0 Å². The summed E-state index contributed by atoms with van der Waals surface area (Å²) in [6, 6.07) is 14.6. The molecule has 30 heavy (non-hydrogen) atoms. The van der Waals surface area contributed by atoms with Gasteiger partial charge in [0.25, 0.3) is 5.91 Å². The number of hydrogen-bond donors (Lipinski definition) is 2. The van der Waals surface area contributed by atoms with Crippen LogP contribution in [0.3, 0.4) is 0 Å². The number of benzene rings is 2. The summed E-state index contributed by atoms with van der Waals surface area (Å²) in [5, 5.41) is 17.1. The molecule has 2 N–H and O–H groups in total. The van der Waals surface area contributed by atoms with Crippen LogP contribution in [0, 0.1) is 6.92 Å². The Morgan fingerprint density at radius 2 is 1.67 bits per heavy atom. The first kappa shape index (κ1) is 19.8. The van der Waals surface area contributed by atoms with Crippen molar-refractivity contribution < 1.29 is 9.59 Å². The van der Waals surface area contributed by atoms with Gasteiger partial charge in [-0.1, -0.05) is 37.0 Å². The van der Waals surface area contributed by atoms with E-state index in [0.717, 1.165) is 36.2 Å². The van der Waals surface area contributed by atoms with Crippen molar-refractivity contribution in [1.29, 1.82) is 0 Å². The van der Waals surface area contributed by atoms with Crippen LogP contribution in [0.1, 0.15) is 48.0 Å². The first-order valence-corrected chi connectivity index (χ1v) is 10.1. The van der Waals surface area contributed by atoms with Gasteiger partial charge in [-0.05, 0) is 66.6 Å². The molecule has 8 nitrogen and oxygen atoms in total. The van der Waals surface area contributed by atoms with Crippen LogP contribution in [0.25, 0.3) is 5.69 Å². The minimum absolute atomic E-state index is 0.162. The van der Waals surface area contributed by atoms with Crippen LogP contribution in [-0.4, -0.2) is 37.6 Å². The lowest BCUT2D eigenvalue weighted by Crippen LogP contribution is -2.57. The molecule has 1 heterocycles. The molecule has 4 rings (SSSR count). The third-order valence-corrected chi connectivity index (χ3v) is 5.55. The number of aryl methyl sites for hydroxylation is 1. The molecule has 2 aromatic carbocycles. The molecule has 0 bridgehead atoms. The maximum absolute atomic E-state index is 13.2. The number of tetrazole rings is 1. The zero-order chi connectivity index (χ0) is 21.0. The molecular formula is C22H24N6O2. The van der Waals surface area contributed by atoms with Crippen molar-refractivity contribution in [2.75, 3.05) is 5.32 Å². The summed E-state index contributed by atoms with van der Waals surface area (Å²) in [7, 11) is 0. The second-order valence-corrected chi connectivity index (χ2v) is 7.72. The fourth-order valence-electron chi connectivity index (χ4n) is 3.79. The van der Waals surface area contributed by atoms with Gasteiger partial charge in [-0.25, -0.2) is 4.68 Å². The highest BCUT2D eigenvalue weighted by molar-refractivity contribution is 6.03. The van der Waals surface area contributed by atoms with E-state index in [1.54, 1.807) is 24.3 Å². The van der Waals surface area contributed by atoms with E-state index in [1.807, 2.05) is 31.2 Å². The van der Waals surface area contributed by atoms with E-state index < -0.39 is 5.54 Å². The van der Waals surface area contributed by atoms with Crippen LogP contribution in [0.4, 0.5) is 5.69 Å². The molecule has 0 radical (unpaired) electrons. The number of nitrogens with zero attached hydrogens (tertiary/aromatic N) is 4. The predicted octanol–water partition coefficient (Wildman–Crippen LogP) is 3.04. The Balaban J connectivity index is 1.51. The predicted molar refractivity (Wildman–Crippen MR) is 112 cm³/mol. The second kappa shape index (κ2) is 8.44. The van der Waals surface area contributed by atoms with Gasteiger partial charge < -0.3 is 10.6 Å². The van der Waals surface area contributed by atoms with E-state index in [1.165, 1.54) is 11.0 Å². The number of hydrogen-bond acceptors (Lipinski definition) is 5. The largest absolute Gasteiger partial charge is 0.338 e. The van der Waals surface area contributed by atoms with Gasteiger partial charge in [0.1, 0.15) is 11.9 Å². The molecule has 0 unspecified atom stereocenters. The molecule has 0 aliphatic heterocycles. The van der Waals surface area contributed by atoms with Crippen molar-refractivity contribution in [2.24, 2.45) is 0 Å². The maximum Gasteiger partial charge on any atom is 0.252 e. The molecule has 2 amide bonds. The standard InChI is InChI=1S/C22H24N6O2/c1-16-5-9-18(10-6-16)24-21(30)22(13-3-2-4-14-22)25-20(29)17-7-11-19(12-8-17)28-15-23-26-27-28/h5-12,15H,2-4,13-14H2,1H3,(H,24,30)(H,25,29). The van der Waals surface area contributed by atoms with Gasteiger partial charge in [-0.3, -0.25) is 9.59 Å². The second-order valence-electron chi connectivity index (χ2n) is 7.72. The van der Waals surface area contributed by atoms with Crippen LogP contribution in [0.15, 0.2) is 54.9 Å². The Kier molecular flexibility index (Phi) is 5.56. The summed E-state index contributed by atoms with van der Waals surface area (Å²) >= 11 is 0. The van der Waals surface area contributed by atoms with Gasteiger partial charge in [0.05, 0.1) is 5.69 Å². The molecule has 0 atom stereocenters. The van der Waals surface area contributed by atoms with Crippen molar-refractivity contribution in [3.05, 3.63) is 66.0 Å². The summed E-state index contributed by atoms with van der Waals surface area (Å²) in [4.78, 5) is 26.2. The Labute approximate surface area is 174 Å². The quantitative estimate of drug-likeness (QED) is 0.681. The molecule has 1 aliphatic carbocycles. The molecule has 0 saturated heterocycles. The minimum Gasteiger partial charge on any atom is -0.338 e. The molecule has 154 valence electrons. The Morgan fingerprint density at radius 3 is 2.30 bits per heavy atom. The lowest BCUT2D eigenvalue weighted by molar-refractivity contribution is -0.123. The van der Waals surface area contributed by atoms with E-state index in [9.17, 15) is 9.59 Å². The van der Waals surface area contributed by atoms with Gasteiger partial charge in [0.15, 0.2) is 0 Å². The molecule has 1 fully saturated rings. The number of amides is 2. The Bertz CT molecular complexity index is 1010. The molecule has 1 aliphatic rings. The minimum atomic E-state index is -0.908. The highest BCUT2D eigenvalue weighted by Gasteiger charge is 2.41. The van der Waals surface area contributed by atoms with Crippen molar-refractivity contribution in [3.8, 4) is 5.69 Å². The fourth-order valence-corrected chi connectivity index (χ4v) is 3.79. The Morgan fingerprint density at radius 1 is 0.967 bits per heavy atom. The number of nitrogens with one attached hydrogen (secondary N) is 2. The smallest absolute Gasteiger partial charge is 0.252 e. The van der Waals surface area contributed by atoms with E-state index in [4.69, 9.17) is 0 Å². The summed E-state index contributed by atoms with van der Waals surface area (Å²) in [6.45, 7) is 2.00. The van der Waals surface area contributed by atoms with E-state index >= 15 is 0 Å². The van der Waals surface area contributed by atoms with Gasteiger partial charge >= 0.3 is 0 Å². The number of rotatable bonds is 5. The molecular weight excluding hydrogens is 380 g/mol. The average Bonchev–Trinajstić information content (AvgIpc) is 3.31. The number of anilines is 1. The number of carbonyl (C=O) groups is 2. The van der Waals surface area contributed by atoms with Crippen LogP contribution in [-0.2, 0) is 4.79 Å². The lowest BCUT2D eigenvalue weighted by atomic mass is 9.80. The normalized spacial score (nSPS) is 15.4. The third kappa shape index (κ3) is 4.22. The van der Waals surface area contributed by atoms with Crippen LogP contribution >= 0.6 is 0 Å². The zero-order valence-electron chi connectivity index (χ0n) is 16.8. The highest BCUT2D eigenvalue weighted by atomic mass is 16.2. The Hall–Kier alpha value is -3.55. The van der Waals surface area contributed by atoms with E-state index in [2.05, 4.69) is 26.2 Å². The molecule has 1 saturated carbocycles. The first-order chi connectivity index (χ1) is 14.6. The summed E-state index contributed by atoms with van der Waals surface area (Å²) < 4.78 is 1.51. The highest BCUT2D eigenvalue weighted by Crippen LogP contribution is 2.30. The molecule has 0 spiro atoms. The molecule has 8 heteroatoms. The van der Waals surface area contributed by atoms with Crippen LogP contribution < -0.4 is 10.6 Å². The first-order valence-electron chi connectivity index (χ1n) is 10.1. The van der Waals surface area contributed by atoms with E-state index in [0.29, 0.717) is 18.4 Å². The summed E-state index contributed by atoms with van der Waals surface area (Å²) in [6.07, 6.45) is 5.61. The van der Waals surface area contributed by atoms with E-state index in [-0.39, 0.29) is 11.8 Å². The lowest BCUT2D eigenvalue weighted by Gasteiger charge is -2.36.